The van der Waals surface area contributed by atoms with Crippen LogP contribution in [-0.4, -0.2) is 15.4 Å². The first kappa shape index (κ1) is 19.4. The van der Waals surface area contributed by atoms with Crippen LogP contribution in [0.4, 0.5) is 4.39 Å². The first-order valence-corrected chi connectivity index (χ1v) is 9.11. The fraction of sp³-hybridized carbons (Fsp3) is 0.136. The van der Waals surface area contributed by atoms with E-state index in [0.717, 1.165) is 5.56 Å². The van der Waals surface area contributed by atoms with Crippen molar-refractivity contribution in [3.8, 4) is 5.75 Å². The van der Waals surface area contributed by atoms with Crippen molar-refractivity contribution < 1.29 is 23.1 Å². The summed E-state index contributed by atoms with van der Waals surface area (Å²) < 4.78 is 30.4. The summed E-state index contributed by atoms with van der Waals surface area (Å²) in [5, 5.41) is 0. The highest BCUT2D eigenvalue weighted by Gasteiger charge is 2.14. The molecule has 0 saturated carbocycles. The minimum atomic E-state index is -0.686. The van der Waals surface area contributed by atoms with E-state index in [4.69, 9.17) is 13.9 Å². The number of benzene rings is 1. The number of rotatable bonds is 6. The van der Waals surface area contributed by atoms with Crippen LogP contribution in [0.25, 0.3) is 5.65 Å². The van der Waals surface area contributed by atoms with E-state index in [2.05, 4.69) is 4.98 Å². The average molecular weight is 408 g/mol. The number of furan rings is 1. The van der Waals surface area contributed by atoms with E-state index in [9.17, 15) is 14.0 Å². The van der Waals surface area contributed by atoms with E-state index >= 15 is 0 Å². The zero-order valence-electron chi connectivity index (χ0n) is 16.0. The summed E-state index contributed by atoms with van der Waals surface area (Å²) in [4.78, 5) is 28.8. The van der Waals surface area contributed by atoms with Crippen molar-refractivity contribution in [2.45, 2.75) is 20.1 Å². The Labute approximate surface area is 170 Å². The number of esters is 1. The molecule has 7 nitrogen and oxygen atoms in total. The maximum absolute atomic E-state index is 12.9. The van der Waals surface area contributed by atoms with Crippen LogP contribution in [0.3, 0.4) is 0 Å². The number of aromatic nitrogens is 2. The van der Waals surface area contributed by atoms with E-state index in [1.54, 1.807) is 18.3 Å². The van der Waals surface area contributed by atoms with Crippen molar-refractivity contribution >= 4 is 11.6 Å². The molecular formula is C22H17FN2O5. The van der Waals surface area contributed by atoms with E-state index in [1.807, 2.05) is 13.0 Å². The number of carbonyl (C=O) groups excluding carboxylic acids is 1. The lowest BCUT2D eigenvalue weighted by Gasteiger charge is -2.06. The van der Waals surface area contributed by atoms with Crippen molar-refractivity contribution in [1.82, 2.24) is 9.38 Å². The van der Waals surface area contributed by atoms with E-state index in [0.29, 0.717) is 22.9 Å². The van der Waals surface area contributed by atoms with Gasteiger partial charge in [0, 0.05) is 12.3 Å². The van der Waals surface area contributed by atoms with Crippen molar-refractivity contribution in [3.05, 3.63) is 99.7 Å². The number of carbonyl (C=O) groups is 1. The first-order valence-electron chi connectivity index (χ1n) is 9.11. The predicted octanol–water partition coefficient (Wildman–Crippen LogP) is 3.67. The second-order valence-corrected chi connectivity index (χ2v) is 6.61. The molecule has 3 heterocycles. The van der Waals surface area contributed by atoms with E-state index < -0.39 is 5.97 Å². The molecular weight excluding hydrogens is 391 g/mol. The smallest absolute Gasteiger partial charge is 0.374 e. The monoisotopic (exact) mass is 408 g/mol. The maximum atomic E-state index is 12.9. The molecule has 0 aliphatic heterocycles. The molecule has 0 saturated heterocycles. The lowest BCUT2D eigenvalue weighted by Crippen LogP contribution is -2.16. The number of hydrogen-bond acceptors (Lipinski definition) is 6. The molecule has 0 radical (unpaired) electrons. The van der Waals surface area contributed by atoms with Gasteiger partial charge in [0.25, 0.3) is 5.56 Å². The average Bonchev–Trinajstić information content (AvgIpc) is 3.21. The van der Waals surface area contributed by atoms with E-state index in [1.165, 1.54) is 40.8 Å². The molecule has 0 aliphatic carbocycles. The van der Waals surface area contributed by atoms with Gasteiger partial charge in [-0.15, -0.1) is 0 Å². The molecule has 30 heavy (non-hydrogen) atoms. The molecule has 0 aliphatic rings. The third kappa shape index (κ3) is 4.38. The quantitative estimate of drug-likeness (QED) is 0.453. The third-order valence-electron chi connectivity index (χ3n) is 4.27. The molecule has 8 heteroatoms. The Hall–Kier alpha value is -3.94. The lowest BCUT2D eigenvalue weighted by atomic mass is 10.3. The van der Waals surface area contributed by atoms with Gasteiger partial charge in [0.1, 0.15) is 36.2 Å². The molecule has 0 spiro atoms. The van der Waals surface area contributed by atoms with Gasteiger partial charge in [0.05, 0.1) is 5.69 Å². The van der Waals surface area contributed by atoms with Crippen molar-refractivity contribution in [2.75, 3.05) is 0 Å². The molecule has 0 amide bonds. The summed E-state index contributed by atoms with van der Waals surface area (Å²) in [6.07, 6.45) is 1.69. The summed E-state index contributed by atoms with van der Waals surface area (Å²) in [5.41, 5.74) is 1.48. The van der Waals surface area contributed by atoms with Crippen LogP contribution in [0.15, 0.2) is 70.0 Å². The Morgan fingerprint density at radius 3 is 2.70 bits per heavy atom. The summed E-state index contributed by atoms with van der Waals surface area (Å²) in [7, 11) is 0. The SMILES string of the molecule is Cc1ccc2nc(COC(=O)c3ccc(COc4ccc(F)cc4)o3)cc(=O)n2c1. The van der Waals surface area contributed by atoms with Gasteiger partial charge < -0.3 is 13.9 Å². The van der Waals surface area contributed by atoms with Gasteiger partial charge in [-0.3, -0.25) is 9.20 Å². The Morgan fingerprint density at radius 2 is 1.90 bits per heavy atom. The standard InChI is InChI=1S/C22H17FN2O5/c1-14-2-9-20-24-16(10-21(26)25(20)11-14)12-29-22(27)19-8-7-18(30-19)13-28-17-5-3-15(23)4-6-17/h2-11H,12-13H2,1H3. The molecule has 0 unspecified atom stereocenters. The van der Waals surface area contributed by atoms with Crippen LogP contribution in [0, 0.1) is 12.7 Å². The summed E-state index contributed by atoms with van der Waals surface area (Å²) >= 11 is 0. The molecule has 0 atom stereocenters. The Bertz CT molecular complexity index is 1260. The van der Waals surface area contributed by atoms with Gasteiger partial charge in [-0.2, -0.15) is 0 Å². The summed E-state index contributed by atoms with van der Waals surface area (Å²) in [6.45, 7) is 1.78. The first-order chi connectivity index (χ1) is 14.5. The number of ether oxygens (including phenoxy) is 2. The number of hydrogen-bond donors (Lipinski definition) is 0. The number of fused-ring (bicyclic) bond motifs is 1. The molecule has 1 aromatic carbocycles. The topological polar surface area (TPSA) is 83.0 Å². The third-order valence-corrected chi connectivity index (χ3v) is 4.27. The Morgan fingerprint density at radius 1 is 1.10 bits per heavy atom. The second kappa shape index (κ2) is 8.20. The van der Waals surface area contributed by atoms with Crippen LogP contribution in [0.5, 0.6) is 5.75 Å². The van der Waals surface area contributed by atoms with Crippen molar-refractivity contribution in [3.63, 3.8) is 0 Å². The molecule has 0 fully saturated rings. The van der Waals surface area contributed by atoms with Gasteiger partial charge in [-0.05, 0) is 55.0 Å². The normalized spacial score (nSPS) is 10.9. The predicted molar refractivity (Wildman–Crippen MR) is 105 cm³/mol. The highest BCUT2D eigenvalue weighted by atomic mass is 19.1. The van der Waals surface area contributed by atoms with Crippen molar-refractivity contribution in [2.24, 2.45) is 0 Å². The summed E-state index contributed by atoms with van der Waals surface area (Å²) in [5.74, 6) is -0.164. The van der Waals surface area contributed by atoms with Crippen LogP contribution in [-0.2, 0) is 18.0 Å². The largest absolute Gasteiger partial charge is 0.486 e. The van der Waals surface area contributed by atoms with E-state index in [-0.39, 0.29) is 30.4 Å². The Kier molecular flexibility index (Phi) is 5.30. The second-order valence-electron chi connectivity index (χ2n) is 6.61. The summed E-state index contributed by atoms with van der Waals surface area (Å²) in [6, 6.07) is 13.5. The molecule has 4 aromatic rings. The molecule has 0 N–H and O–H groups in total. The highest BCUT2D eigenvalue weighted by Crippen LogP contribution is 2.16. The maximum Gasteiger partial charge on any atom is 0.374 e. The van der Waals surface area contributed by atoms with Crippen molar-refractivity contribution in [1.29, 1.82) is 0 Å². The minimum Gasteiger partial charge on any atom is -0.486 e. The number of aryl methyl sites for hydroxylation is 1. The molecule has 152 valence electrons. The lowest BCUT2D eigenvalue weighted by molar-refractivity contribution is 0.0427. The fourth-order valence-corrected chi connectivity index (χ4v) is 2.79. The number of pyridine rings is 1. The number of nitrogens with zero attached hydrogens (tertiary/aromatic N) is 2. The highest BCUT2D eigenvalue weighted by molar-refractivity contribution is 5.86. The minimum absolute atomic E-state index is 0.000780. The molecule has 3 aromatic heterocycles. The van der Waals surface area contributed by atoms with Gasteiger partial charge in [-0.1, -0.05) is 6.07 Å². The van der Waals surface area contributed by atoms with Gasteiger partial charge >= 0.3 is 5.97 Å². The van der Waals surface area contributed by atoms with Gasteiger partial charge in [0.2, 0.25) is 5.76 Å². The van der Waals surface area contributed by atoms with Gasteiger partial charge in [0.15, 0.2) is 0 Å². The van der Waals surface area contributed by atoms with Crippen LogP contribution < -0.4 is 10.3 Å². The van der Waals surface area contributed by atoms with Crippen LogP contribution in [0.2, 0.25) is 0 Å². The zero-order chi connectivity index (χ0) is 21.1. The molecule has 0 bridgehead atoms. The zero-order valence-corrected chi connectivity index (χ0v) is 16.0. The number of halogens is 1. The molecule has 4 rings (SSSR count). The van der Waals surface area contributed by atoms with Crippen LogP contribution in [0.1, 0.15) is 27.6 Å². The fourth-order valence-electron chi connectivity index (χ4n) is 2.79. The Balaban J connectivity index is 1.37. The van der Waals surface area contributed by atoms with Gasteiger partial charge in [-0.25, -0.2) is 14.2 Å². The van der Waals surface area contributed by atoms with Crippen LogP contribution >= 0.6 is 0 Å².